The average Bonchev–Trinajstić information content (AvgIpc) is 2.79. The van der Waals surface area contributed by atoms with Crippen molar-refractivity contribution in [1.82, 2.24) is 10.6 Å². The summed E-state index contributed by atoms with van der Waals surface area (Å²) in [6.07, 6.45) is -0.000113. The fourth-order valence-corrected chi connectivity index (χ4v) is 2.53. The summed E-state index contributed by atoms with van der Waals surface area (Å²) in [6.45, 7) is 1.45. The van der Waals surface area contributed by atoms with Gasteiger partial charge in [-0.3, -0.25) is 4.79 Å². The van der Waals surface area contributed by atoms with E-state index in [0.29, 0.717) is 17.1 Å². The third-order valence-electron chi connectivity index (χ3n) is 2.95. The number of methoxy groups -OCH3 is 1. The van der Waals surface area contributed by atoms with Gasteiger partial charge < -0.3 is 15.4 Å². The Morgan fingerprint density at radius 3 is 3.06 bits per heavy atom. The molecular formula is C12H14BrClN2O2. The molecule has 1 unspecified atom stereocenters. The van der Waals surface area contributed by atoms with Crippen molar-refractivity contribution in [1.29, 1.82) is 0 Å². The molecule has 1 aliphatic rings. The van der Waals surface area contributed by atoms with E-state index in [1.807, 2.05) is 0 Å². The van der Waals surface area contributed by atoms with Crippen LogP contribution in [0.4, 0.5) is 0 Å². The van der Waals surface area contributed by atoms with Gasteiger partial charge in [0, 0.05) is 24.7 Å². The van der Waals surface area contributed by atoms with Gasteiger partial charge in [-0.2, -0.15) is 0 Å². The van der Waals surface area contributed by atoms with E-state index >= 15 is 0 Å². The molecule has 1 amide bonds. The fraction of sp³-hybridized carbons (Fsp3) is 0.417. The minimum atomic E-state index is -0.183. The topological polar surface area (TPSA) is 50.4 Å². The van der Waals surface area contributed by atoms with Crippen molar-refractivity contribution in [2.45, 2.75) is 12.1 Å². The maximum absolute atomic E-state index is 12.1. The Balaban J connectivity index is 2.09. The average molecular weight is 334 g/mol. The smallest absolute Gasteiger partial charge is 0.253 e. The minimum Gasteiger partial charge on any atom is -0.378 e. The quantitative estimate of drug-likeness (QED) is 0.887. The molecule has 6 heteroatoms. The zero-order chi connectivity index (χ0) is 13.1. The summed E-state index contributed by atoms with van der Waals surface area (Å²) in [5.74, 6) is -0.183. The molecule has 0 aromatic heterocycles. The molecule has 98 valence electrons. The van der Waals surface area contributed by atoms with Gasteiger partial charge in [0.2, 0.25) is 0 Å². The summed E-state index contributed by atoms with van der Waals surface area (Å²) in [4.78, 5) is 12.1. The summed E-state index contributed by atoms with van der Waals surface area (Å²) >= 11 is 9.35. The lowest BCUT2D eigenvalue weighted by molar-refractivity contribution is 0.0780. The maximum Gasteiger partial charge on any atom is 0.253 e. The highest BCUT2D eigenvalue weighted by Gasteiger charge is 2.28. The predicted octanol–water partition coefficient (Wildman–Crippen LogP) is 1.82. The first-order chi connectivity index (χ1) is 8.61. The molecule has 1 fully saturated rings. The van der Waals surface area contributed by atoms with Crippen molar-refractivity contribution in [3.05, 3.63) is 33.3 Å². The summed E-state index contributed by atoms with van der Waals surface area (Å²) in [7, 11) is 1.64. The molecule has 1 aliphatic heterocycles. The Labute approximate surface area is 119 Å². The van der Waals surface area contributed by atoms with E-state index in [0.717, 1.165) is 11.0 Å². The molecule has 1 aromatic rings. The van der Waals surface area contributed by atoms with Gasteiger partial charge in [-0.15, -0.1) is 0 Å². The van der Waals surface area contributed by atoms with Gasteiger partial charge in [0.05, 0.1) is 22.7 Å². The number of benzene rings is 1. The van der Waals surface area contributed by atoms with E-state index < -0.39 is 0 Å². The second-order valence-electron chi connectivity index (χ2n) is 4.14. The van der Waals surface area contributed by atoms with Crippen molar-refractivity contribution in [3.63, 3.8) is 0 Å². The van der Waals surface area contributed by atoms with Crippen LogP contribution in [0, 0.1) is 0 Å². The van der Waals surface area contributed by atoms with Crippen molar-refractivity contribution >= 4 is 33.4 Å². The summed E-state index contributed by atoms with van der Waals surface area (Å²) in [6, 6.07) is 5.18. The van der Waals surface area contributed by atoms with Crippen LogP contribution in [-0.2, 0) is 4.74 Å². The Kier molecular flexibility index (Phi) is 4.61. The Morgan fingerprint density at radius 2 is 2.33 bits per heavy atom. The molecule has 18 heavy (non-hydrogen) atoms. The van der Waals surface area contributed by atoms with Gasteiger partial charge in [-0.05, 0) is 18.2 Å². The summed E-state index contributed by atoms with van der Waals surface area (Å²) in [5, 5.41) is 6.55. The molecule has 4 nitrogen and oxygen atoms in total. The zero-order valence-corrected chi connectivity index (χ0v) is 12.2. The first-order valence-electron chi connectivity index (χ1n) is 5.61. The largest absolute Gasteiger partial charge is 0.378 e. The van der Waals surface area contributed by atoms with E-state index in [1.54, 1.807) is 25.3 Å². The molecule has 1 saturated heterocycles. The van der Waals surface area contributed by atoms with Crippen LogP contribution in [0.5, 0.6) is 0 Å². The van der Waals surface area contributed by atoms with E-state index in [1.165, 1.54) is 0 Å². The van der Waals surface area contributed by atoms with Crippen LogP contribution in [0.15, 0.2) is 22.7 Å². The number of nitrogens with one attached hydrogen (secondary N) is 2. The molecule has 0 radical (unpaired) electrons. The van der Waals surface area contributed by atoms with Crippen LogP contribution in [-0.4, -0.2) is 38.3 Å². The van der Waals surface area contributed by atoms with E-state index in [9.17, 15) is 4.79 Å². The third kappa shape index (κ3) is 3.03. The minimum absolute atomic E-state index is 0.000113. The predicted molar refractivity (Wildman–Crippen MR) is 74.1 cm³/mol. The van der Waals surface area contributed by atoms with Gasteiger partial charge in [0.15, 0.2) is 0 Å². The molecule has 2 N–H and O–H groups in total. The molecule has 2 atom stereocenters. The first-order valence-corrected chi connectivity index (χ1v) is 6.78. The third-order valence-corrected chi connectivity index (χ3v) is 3.77. The van der Waals surface area contributed by atoms with Crippen LogP contribution in [0.1, 0.15) is 10.4 Å². The molecule has 0 spiro atoms. The molecular weight excluding hydrogens is 320 g/mol. The molecule has 1 aromatic carbocycles. The number of amides is 1. The Morgan fingerprint density at radius 1 is 1.56 bits per heavy atom. The van der Waals surface area contributed by atoms with Gasteiger partial charge >= 0.3 is 0 Å². The van der Waals surface area contributed by atoms with Gasteiger partial charge in [0.25, 0.3) is 5.91 Å². The molecule has 0 bridgehead atoms. The van der Waals surface area contributed by atoms with E-state index in [-0.39, 0.29) is 18.1 Å². The highest BCUT2D eigenvalue weighted by Crippen LogP contribution is 2.21. The zero-order valence-electron chi connectivity index (χ0n) is 9.87. The van der Waals surface area contributed by atoms with Crippen LogP contribution >= 0.6 is 27.5 Å². The van der Waals surface area contributed by atoms with Crippen LogP contribution in [0.2, 0.25) is 5.02 Å². The normalized spacial score (nSPS) is 23.1. The van der Waals surface area contributed by atoms with Crippen LogP contribution in [0.25, 0.3) is 0 Å². The van der Waals surface area contributed by atoms with Crippen molar-refractivity contribution < 1.29 is 9.53 Å². The van der Waals surface area contributed by atoms with Crippen LogP contribution in [0.3, 0.4) is 0 Å². The summed E-state index contributed by atoms with van der Waals surface area (Å²) < 4.78 is 6.12. The van der Waals surface area contributed by atoms with Crippen molar-refractivity contribution in [3.8, 4) is 0 Å². The number of hydrogen-bond donors (Lipinski definition) is 2. The lowest BCUT2D eigenvalue weighted by atomic mass is 10.1. The highest BCUT2D eigenvalue weighted by molar-refractivity contribution is 9.10. The Bertz CT molecular complexity index is 456. The molecule has 0 aliphatic carbocycles. The second kappa shape index (κ2) is 6.02. The monoisotopic (exact) mass is 332 g/mol. The lowest BCUT2D eigenvalue weighted by Gasteiger charge is -2.18. The SMILES string of the molecule is CO[C@@H]1CNCC1NC(=O)c1cc(Br)ccc1Cl. The molecule has 2 rings (SSSR count). The standard InChI is InChI=1S/C12H14BrClN2O2/c1-18-11-6-15-5-10(11)16-12(17)8-4-7(13)2-3-9(8)14/h2-4,10-11,15H,5-6H2,1H3,(H,16,17)/t10?,11-/m1/s1. The van der Waals surface area contributed by atoms with E-state index in [2.05, 4.69) is 26.6 Å². The maximum atomic E-state index is 12.1. The van der Waals surface area contributed by atoms with Crippen molar-refractivity contribution in [2.75, 3.05) is 20.2 Å². The second-order valence-corrected chi connectivity index (χ2v) is 5.46. The van der Waals surface area contributed by atoms with Gasteiger partial charge in [0.1, 0.15) is 0 Å². The number of ether oxygens (including phenoxy) is 1. The number of carbonyl (C=O) groups is 1. The highest BCUT2D eigenvalue weighted by atomic mass is 79.9. The fourth-order valence-electron chi connectivity index (χ4n) is 1.96. The lowest BCUT2D eigenvalue weighted by Crippen LogP contribution is -2.43. The first kappa shape index (κ1) is 13.8. The number of hydrogen-bond acceptors (Lipinski definition) is 3. The number of halogens is 2. The van der Waals surface area contributed by atoms with Crippen molar-refractivity contribution in [2.24, 2.45) is 0 Å². The summed E-state index contributed by atoms with van der Waals surface area (Å²) in [5.41, 5.74) is 0.466. The van der Waals surface area contributed by atoms with Gasteiger partial charge in [-0.25, -0.2) is 0 Å². The van der Waals surface area contributed by atoms with Crippen LogP contribution < -0.4 is 10.6 Å². The number of carbonyl (C=O) groups excluding carboxylic acids is 1. The Hall–Kier alpha value is -0.620. The number of rotatable bonds is 3. The van der Waals surface area contributed by atoms with Gasteiger partial charge in [-0.1, -0.05) is 27.5 Å². The molecule has 1 heterocycles. The molecule has 0 saturated carbocycles. The van der Waals surface area contributed by atoms with E-state index in [4.69, 9.17) is 16.3 Å².